The van der Waals surface area contributed by atoms with E-state index in [1.165, 1.54) is 0 Å². The molecule has 1 atom stereocenters. The lowest BCUT2D eigenvalue weighted by atomic mass is 10.2. The highest BCUT2D eigenvalue weighted by atomic mass is 16.2. The molecule has 102 valence electrons. The predicted octanol–water partition coefficient (Wildman–Crippen LogP) is 1.45. The number of pyridine rings is 1. The maximum atomic E-state index is 12.5. The normalized spacial score (nSPS) is 17.6. The molecule has 0 spiro atoms. The second kappa shape index (κ2) is 5.24. The van der Waals surface area contributed by atoms with Crippen LogP contribution in [0.4, 0.5) is 0 Å². The molecule has 0 unspecified atom stereocenters. The number of nitrogens with zero attached hydrogens (tertiary/aromatic N) is 5. The van der Waals surface area contributed by atoms with E-state index in [0.29, 0.717) is 18.1 Å². The fraction of sp³-hybridized carbons (Fsp3) is 0.286. The van der Waals surface area contributed by atoms with Crippen LogP contribution < -0.4 is 0 Å². The number of hydrogen-bond donors (Lipinski definition) is 0. The van der Waals surface area contributed by atoms with Gasteiger partial charge in [0.1, 0.15) is 24.2 Å². The molecule has 1 amide bonds. The van der Waals surface area contributed by atoms with Crippen molar-refractivity contribution in [2.75, 3.05) is 6.54 Å². The summed E-state index contributed by atoms with van der Waals surface area (Å²) in [6.07, 6.45) is 8.12. The van der Waals surface area contributed by atoms with Gasteiger partial charge in [0.2, 0.25) is 0 Å². The first-order valence-corrected chi connectivity index (χ1v) is 6.59. The van der Waals surface area contributed by atoms with Crippen LogP contribution in [0.15, 0.2) is 43.0 Å². The van der Waals surface area contributed by atoms with Crippen molar-refractivity contribution in [2.24, 2.45) is 0 Å². The largest absolute Gasteiger partial charge is 0.327 e. The molecule has 0 bridgehead atoms. The van der Waals surface area contributed by atoms with Crippen LogP contribution in [0, 0.1) is 0 Å². The molecule has 20 heavy (non-hydrogen) atoms. The van der Waals surface area contributed by atoms with E-state index in [4.69, 9.17) is 0 Å². The highest BCUT2D eigenvalue weighted by Gasteiger charge is 2.25. The second-order valence-corrected chi connectivity index (χ2v) is 4.61. The Balaban J connectivity index is 1.87. The lowest BCUT2D eigenvalue weighted by Gasteiger charge is -2.23. The fourth-order valence-corrected chi connectivity index (χ4v) is 2.31. The lowest BCUT2D eigenvalue weighted by Crippen LogP contribution is -2.36. The molecule has 0 fully saturated rings. The van der Waals surface area contributed by atoms with Crippen LogP contribution in [-0.2, 0) is 0 Å². The quantitative estimate of drug-likeness (QED) is 0.791. The van der Waals surface area contributed by atoms with Crippen molar-refractivity contribution in [3.8, 4) is 5.82 Å². The Morgan fingerprint density at radius 1 is 1.35 bits per heavy atom. The SMILES string of the molecule is CC[C@@H]1C=CCN1C(=O)c1cccc(-n2cnnc2)n1. The second-order valence-electron chi connectivity index (χ2n) is 4.61. The zero-order valence-electron chi connectivity index (χ0n) is 11.2. The molecular weight excluding hydrogens is 254 g/mol. The maximum Gasteiger partial charge on any atom is 0.273 e. The van der Waals surface area contributed by atoms with Gasteiger partial charge >= 0.3 is 0 Å². The van der Waals surface area contributed by atoms with E-state index in [1.807, 2.05) is 23.1 Å². The molecule has 0 saturated carbocycles. The van der Waals surface area contributed by atoms with Gasteiger partial charge < -0.3 is 4.90 Å². The first kappa shape index (κ1) is 12.5. The third kappa shape index (κ3) is 2.20. The molecule has 6 nitrogen and oxygen atoms in total. The summed E-state index contributed by atoms with van der Waals surface area (Å²) in [5.74, 6) is 0.595. The number of carbonyl (C=O) groups is 1. The first-order chi connectivity index (χ1) is 9.79. The highest BCUT2D eigenvalue weighted by molar-refractivity contribution is 5.93. The minimum Gasteiger partial charge on any atom is -0.327 e. The minimum absolute atomic E-state index is 0.0447. The lowest BCUT2D eigenvalue weighted by molar-refractivity contribution is 0.0741. The average molecular weight is 269 g/mol. The van der Waals surface area contributed by atoms with Gasteiger partial charge in [0.15, 0.2) is 0 Å². The van der Waals surface area contributed by atoms with Gasteiger partial charge in [-0.2, -0.15) is 0 Å². The Labute approximate surface area is 116 Å². The van der Waals surface area contributed by atoms with E-state index < -0.39 is 0 Å². The average Bonchev–Trinajstić information content (AvgIpc) is 3.17. The Hall–Kier alpha value is -2.50. The van der Waals surface area contributed by atoms with Crippen LogP contribution in [0.5, 0.6) is 0 Å². The topological polar surface area (TPSA) is 63.9 Å². The molecule has 6 heteroatoms. The Morgan fingerprint density at radius 2 is 2.15 bits per heavy atom. The van der Waals surface area contributed by atoms with Crippen molar-refractivity contribution in [2.45, 2.75) is 19.4 Å². The van der Waals surface area contributed by atoms with Crippen molar-refractivity contribution in [3.05, 3.63) is 48.7 Å². The van der Waals surface area contributed by atoms with Gasteiger partial charge in [-0.3, -0.25) is 9.36 Å². The summed E-state index contributed by atoms with van der Waals surface area (Å²) in [5, 5.41) is 7.49. The van der Waals surface area contributed by atoms with Crippen molar-refractivity contribution in [1.82, 2.24) is 24.6 Å². The van der Waals surface area contributed by atoms with Crippen LogP contribution in [0.2, 0.25) is 0 Å². The van der Waals surface area contributed by atoms with Crippen LogP contribution in [-0.4, -0.2) is 43.1 Å². The van der Waals surface area contributed by atoms with Crippen LogP contribution >= 0.6 is 0 Å². The molecule has 0 N–H and O–H groups in total. The van der Waals surface area contributed by atoms with Gasteiger partial charge in [-0.25, -0.2) is 4.98 Å². The smallest absolute Gasteiger partial charge is 0.273 e. The third-order valence-corrected chi connectivity index (χ3v) is 3.38. The fourth-order valence-electron chi connectivity index (χ4n) is 2.31. The van der Waals surface area contributed by atoms with Gasteiger partial charge in [-0.15, -0.1) is 10.2 Å². The molecule has 0 saturated heterocycles. The van der Waals surface area contributed by atoms with E-state index in [0.717, 1.165) is 6.42 Å². The molecule has 2 aromatic heterocycles. The van der Waals surface area contributed by atoms with Crippen molar-refractivity contribution in [3.63, 3.8) is 0 Å². The summed E-state index contributed by atoms with van der Waals surface area (Å²) >= 11 is 0. The predicted molar refractivity (Wildman–Crippen MR) is 73.4 cm³/mol. The Bertz CT molecular complexity index is 635. The number of hydrogen-bond acceptors (Lipinski definition) is 4. The molecule has 0 radical (unpaired) electrons. The number of rotatable bonds is 3. The van der Waals surface area contributed by atoms with Gasteiger partial charge in [0.05, 0.1) is 6.04 Å². The van der Waals surface area contributed by atoms with Crippen molar-refractivity contribution < 1.29 is 4.79 Å². The summed E-state index contributed by atoms with van der Waals surface area (Å²) in [4.78, 5) is 18.7. The van der Waals surface area contributed by atoms with Gasteiger partial charge in [0, 0.05) is 6.54 Å². The van der Waals surface area contributed by atoms with Crippen molar-refractivity contribution >= 4 is 5.91 Å². The molecular formula is C14H15N5O. The summed E-state index contributed by atoms with van der Waals surface area (Å²) in [6.45, 7) is 2.72. The maximum absolute atomic E-state index is 12.5. The van der Waals surface area contributed by atoms with Crippen molar-refractivity contribution in [1.29, 1.82) is 0 Å². The molecule has 0 aromatic carbocycles. The van der Waals surface area contributed by atoms with Gasteiger partial charge in [0.25, 0.3) is 5.91 Å². The van der Waals surface area contributed by atoms with Crippen LogP contribution in [0.25, 0.3) is 5.82 Å². The van der Waals surface area contributed by atoms with E-state index in [2.05, 4.69) is 28.2 Å². The Morgan fingerprint density at radius 3 is 2.90 bits per heavy atom. The van der Waals surface area contributed by atoms with E-state index in [1.54, 1.807) is 23.3 Å². The van der Waals surface area contributed by atoms with E-state index >= 15 is 0 Å². The molecule has 1 aliphatic rings. The number of aromatic nitrogens is 4. The minimum atomic E-state index is -0.0447. The summed E-state index contributed by atoms with van der Waals surface area (Å²) in [7, 11) is 0. The zero-order chi connectivity index (χ0) is 13.9. The van der Waals surface area contributed by atoms with Crippen LogP contribution in [0.3, 0.4) is 0 Å². The standard InChI is InChI=1S/C14H15N5O/c1-2-11-5-4-8-19(11)14(20)12-6-3-7-13(17-12)18-9-15-16-10-18/h3-7,9-11H,2,8H2,1H3/t11-/m1/s1. The van der Waals surface area contributed by atoms with Crippen LogP contribution in [0.1, 0.15) is 23.8 Å². The number of amides is 1. The Kier molecular flexibility index (Phi) is 3.28. The molecule has 3 rings (SSSR count). The van der Waals surface area contributed by atoms with Gasteiger partial charge in [-0.05, 0) is 18.6 Å². The number of carbonyl (C=O) groups excluding carboxylic acids is 1. The molecule has 3 heterocycles. The molecule has 2 aromatic rings. The molecule has 0 aliphatic carbocycles. The highest BCUT2D eigenvalue weighted by Crippen LogP contribution is 2.16. The van der Waals surface area contributed by atoms with E-state index in [-0.39, 0.29) is 11.9 Å². The third-order valence-electron chi connectivity index (χ3n) is 3.38. The summed E-state index contributed by atoms with van der Waals surface area (Å²) in [6, 6.07) is 5.55. The summed E-state index contributed by atoms with van der Waals surface area (Å²) < 4.78 is 1.68. The van der Waals surface area contributed by atoms with E-state index in [9.17, 15) is 4.79 Å². The zero-order valence-corrected chi connectivity index (χ0v) is 11.2. The van der Waals surface area contributed by atoms with Gasteiger partial charge in [-0.1, -0.05) is 25.1 Å². The monoisotopic (exact) mass is 269 g/mol. The first-order valence-electron chi connectivity index (χ1n) is 6.59. The summed E-state index contributed by atoms with van der Waals surface area (Å²) in [5.41, 5.74) is 0.443. The molecule has 1 aliphatic heterocycles.